The molecule has 3 unspecified atom stereocenters. The lowest BCUT2D eigenvalue weighted by Gasteiger charge is -2.50. The standard InChI is InChI=1S/C33H42N4O3/c1-6-13-37(14-7-2)32-34-28(31(39)35-32)16-23-9-8-10-24(15-23)25-11-12-29(40-5)27(17-25)33-18-22(3)30(38)26(19-33)20-36(4)21-33/h8-12,15-17,22,26H,6-7,13-14,18-21H2,1-5H3,(H,34,35,39)/b28-16-. The molecule has 40 heavy (non-hydrogen) atoms. The predicted molar refractivity (Wildman–Crippen MR) is 160 cm³/mol. The molecular weight excluding hydrogens is 500 g/mol. The molecule has 0 radical (unpaired) electrons. The number of Topliss-reactive ketones (excluding diaryl/α,β-unsaturated/α-hetero) is 1. The molecule has 7 heteroatoms. The van der Waals surface area contributed by atoms with Gasteiger partial charge in [0.05, 0.1) is 7.11 Å². The van der Waals surface area contributed by atoms with E-state index in [0.717, 1.165) is 74.3 Å². The van der Waals surface area contributed by atoms with Crippen LogP contribution < -0.4 is 10.1 Å². The molecular formula is C33H42N4O3. The lowest BCUT2D eigenvalue weighted by atomic mass is 9.59. The maximum absolute atomic E-state index is 12.9. The van der Waals surface area contributed by atoms with E-state index in [1.807, 2.05) is 18.2 Å². The van der Waals surface area contributed by atoms with Crippen LogP contribution in [0.5, 0.6) is 5.75 Å². The van der Waals surface area contributed by atoms with E-state index in [4.69, 9.17) is 4.74 Å². The number of ketones is 1. The minimum absolute atomic E-state index is 0.0457. The molecule has 1 saturated heterocycles. The second-order valence-electron chi connectivity index (χ2n) is 11.8. The number of hydrogen-bond donors (Lipinski definition) is 1. The summed E-state index contributed by atoms with van der Waals surface area (Å²) in [4.78, 5) is 34.8. The van der Waals surface area contributed by atoms with Crippen molar-refractivity contribution < 1.29 is 14.3 Å². The van der Waals surface area contributed by atoms with Crippen LogP contribution in [0.4, 0.5) is 0 Å². The van der Waals surface area contributed by atoms with Gasteiger partial charge >= 0.3 is 0 Å². The van der Waals surface area contributed by atoms with Crippen molar-refractivity contribution in [3.63, 3.8) is 0 Å². The van der Waals surface area contributed by atoms with E-state index >= 15 is 0 Å². The van der Waals surface area contributed by atoms with Crippen LogP contribution in [-0.2, 0) is 15.0 Å². The third-order valence-corrected chi connectivity index (χ3v) is 8.59. The Bertz CT molecular complexity index is 1340. The number of hydrogen-bond acceptors (Lipinski definition) is 6. The highest BCUT2D eigenvalue weighted by molar-refractivity contribution is 6.13. The zero-order valence-electron chi connectivity index (χ0n) is 24.5. The van der Waals surface area contributed by atoms with E-state index in [-0.39, 0.29) is 23.2 Å². The smallest absolute Gasteiger partial charge is 0.276 e. The molecule has 2 bridgehead atoms. The van der Waals surface area contributed by atoms with Gasteiger partial charge in [-0.3, -0.25) is 14.9 Å². The van der Waals surface area contributed by atoms with Crippen LogP contribution in [0.15, 0.2) is 53.2 Å². The molecule has 0 spiro atoms. The van der Waals surface area contributed by atoms with Gasteiger partial charge in [-0.1, -0.05) is 45.0 Å². The highest BCUT2D eigenvalue weighted by Crippen LogP contribution is 2.49. The van der Waals surface area contributed by atoms with Crippen molar-refractivity contribution >= 4 is 23.7 Å². The molecule has 212 valence electrons. The van der Waals surface area contributed by atoms with Gasteiger partial charge in [-0.2, -0.15) is 0 Å². The SMILES string of the molecule is CCCN(CCC)C1=N/C(=C\c2cccc(-c3ccc(OC)c(C45CC(C)C(=O)C(CN(C)C4)C5)c3)c2)C(=O)N1. The first-order valence-electron chi connectivity index (χ1n) is 14.6. The molecule has 1 saturated carbocycles. The van der Waals surface area contributed by atoms with Crippen LogP contribution in [0.25, 0.3) is 17.2 Å². The maximum atomic E-state index is 12.9. The number of nitrogens with zero attached hydrogens (tertiary/aromatic N) is 3. The molecule has 1 N–H and O–H groups in total. The minimum atomic E-state index is -0.166. The van der Waals surface area contributed by atoms with Crippen LogP contribution in [-0.4, -0.2) is 67.8 Å². The van der Waals surface area contributed by atoms with E-state index in [9.17, 15) is 9.59 Å². The summed E-state index contributed by atoms with van der Waals surface area (Å²) in [5, 5.41) is 2.95. The summed E-state index contributed by atoms with van der Waals surface area (Å²) in [6.07, 6.45) is 5.55. The number of methoxy groups -OCH3 is 1. The van der Waals surface area contributed by atoms with Crippen LogP contribution in [0.2, 0.25) is 0 Å². The largest absolute Gasteiger partial charge is 0.496 e. The molecule has 2 aliphatic heterocycles. The van der Waals surface area contributed by atoms with Gasteiger partial charge in [0, 0.05) is 49.0 Å². The van der Waals surface area contributed by atoms with E-state index in [0.29, 0.717) is 17.4 Å². The number of amides is 1. The molecule has 1 amide bonds. The van der Waals surface area contributed by atoms with E-state index in [1.54, 1.807) is 7.11 Å². The van der Waals surface area contributed by atoms with Gasteiger partial charge in [0.15, 0.2) is 0 Å². The molecule has 0 aromatic heterocycles. The number of fused-ring (bicyclic) bond motifs is 2. The molecule has 1 aliphatic carbocycles. The van der Waals surface area contributed by atoms with Gasteiger partial charge in [0.1, 0.15) is 17.2 Å². The Kier molecular flexibility index (Phi) is 8.13. The number of rotatable bonds is 8. The molecule has 2 aromatic carbocycles. The van der Waals surface area contributed by atoms with E-state index in [2.05, 4.69) is 78.3 Å². The first kappa shape index (κ1) is 28.1. The van der Waals surface area contributed by atoms with Crippen LogP contribution >= 0.6 is 0 Å². The summed E-state index contributed by atoms with van der Waals surface area (Å²) >= 11 is 0. The van der Waals surface area contributed by atoms with E-state index < -0.39 is 0 Å². The summed E-state index contributed by atoms with van der Waals surface area (Å²) < 4.78 is 5.89. The zero-order valence-corrected chi connectivity index (χ0v) is 24.5. The molecule has 2 fully saturated rings. The van der Waals surface area contributed by atoms with Crippen LogP contribution in [0.3, 0.4) is 0 Å². The van der Waals surface area contributed by atoms with Crippen molar-refractivity contribution in [3.05, 3.63) is 59.3 Å². The quantitative estimate of drug-likeness (QED) is 0.470. The summed E-state index contributed by atoms with van der Waals surface area (Å²) in [6.45, 7) is 9.81. The van der Waals surface area contributed by atoms with E-state index in [1.165, 1.54) is 5.56 Å². The van der Waals surface area contributed by atoms with Crippen molar-refractivity contribution in [2.45, 2.75) is 51.9 Å². The average Bonchev–Trinajstić information content (AvgIpc) is 3.30. The zero-order chi connectivity index (χ0) is 28.4. The number of benzene rings is 2. The Hall–Kier alpha value is -3.45. The minimum Gasteiger partial charge on any atom is -0.496 e. The van der Waals surface area contributed by atoms with Crippen molar-refractivity contribution in [1.82, 2.24) is 15.1 Å². The fraction of sp³-hybridized carbons (Fsp3) is 0.485. The lowest BCUT2D eigenvalue weighted by molar-refractivity contribution is -0.134. The monoisotopic (exact) mass is 542 g/mol. The highest BCUT2D eigenvalue weighted by Gasteiger charge is 2.50. The van der Waals surface area contributed by atoms with Crippen molar-refractivity contribution in [2.24, 2.45) is 16.8 Å². The summed E-state index contributed by atoms with van der Waals surface area (Å²) in [6, 6.07) is 14.6. The van der Waals surface area contributed by atoms with Gasteiger partial charge in [0.25, 0.3) is 5.91 Å². The Morgan fingerprint density at radius 3 is 2.58 bits per heavy atom. The van der Waals surface area contributed by atoms with Gasteiger partial charge in [-0.25, -0.2) is 4.99 Å². The Morgan fingerprint density at radius 2 is 1.85 bits per heavy atom. The number of carbonyl (C=O) groups is 2. The van der Waals surface area contributed by atoms with Crippen molar-refractivity contribution in [3.8, 4) is 16.9 Å². The molecule has 5 rings (SSSR count). The second-order valence-corrected chi connectivity index (χ2v) is 11.8. The summed E-state index contributed by atoms with van der Waals surface area (Å²) in [5.74, 6) is 1.87. The Morgan fingerprint density at radius 1 is 1.10 bits per heavy atom. The summed E-state index contributed by atoms with van der Waals surface area (Å²) in [7, 11) is 3.85. The lowest BCUT2D eigenvalue weighted by Crippen LogP contribution is -2.55. The molecule has 2 aromatic rings. The molecule has 3 aliphatic rings. The molecule has 2 heterocycles. The number of piperidine rings is 1. The topological polar surface area (TPSA) is 74.2 Å². The van der Waals surface area contributed by atoms with Gasteiger partial charge in [-0.15, -0.1) is 0 Å². The van der Waals surface area contributed by atoms with Crippen molar-refractivity contribution in [1.29, 1.82) is 0 Å². The fourth-order valence-corrected chi connectivity index (χ4v) is 7.03. The molecule has 7 nitrogen and oxygen atoms in total. The Labute approximate surface area is 238 Å². The highest BCUT2D eigenvalue weighted by atomic mass is 16.5. The first-order chi connectivity index (χ1) is 19.3. The number of likely N-dealkylation sites (N-methyl/N-ethyl adjacent to an activating group) is 1. The number of guanidine groups is 1. The Balaban J connectivity index is 1.48. The normalized spacial score (nSPS) is 25.6. The predicted octanol–water partition coefficient (Wildman–Crippen LogP) is 5.11. The maximum Gasteiger partial charge on any atom is 0.276 e. The third-order valence-electron chi connectivity index (χ3n) is 8.59. The third kappa shape index (κ3) is 5.44. The fourth-order valence-electron chi connectivity index (χ4n) is 7.03. The first-order valence-corrected chi connectivity index (χ1v) is 14.6. The molecule has 3 atom stereocenters. The van der Waals surface area contributed by atoms with Crippen LogP contribution in [0.1, 0.15) is 57.6 Å². The van der Waals surface area contributed by atoms with Crippen molar-refractivity contribution in [2.75, 3.05) is 40.3 Å². The number of nitrogens with one attached hydrogen (secondary N) is 1. The summed E-state index contributed by atoms with van der Waals surface area (Å²) in [5.41, 5.74) is 4.57. The van der Waals surface area contributed by atoms with Gasteiger partial charge < -0.3 is 14.5 Å². The van der Waals surface area contributed by atoms with Gasteiger partial charge in [-0.05, 0) is 73.7 Å². The number of aliphatic imine (C=N–C) groups is 1. The second kappa shape index (κ2) is 11.6. The number of carbonyl (C=O) groups excluding carboxylic acids is 2. The van der Waals surface area contributed by atoms with Gasteiger partial charge in [0.2, 0.25) is 5.96 Å². The number of likely N-dealkylation sites (tertiary alicyclic amines) is 1. The van der Waals surface area contributed by atoms with Crippen LogP contribution in [0, 0.1) is 11.8 Å². The number of ether oxygens (including phenoxy) is 1. The average molecular weight is 543 g/mol.